The smallest absolute Gasteiger partial charge is 0.157 e. The Morgan fingerprint density at radius 3 is 2.59 bits per heavy atom. The lowest BCUT2D eigenvalue weighted by Gasteiger charge is -2.10. The van der Waals surface area contributed by atoms with E-state index >= 15 is 0 Å². The van der Waals surface area contributed by atoms with E-state index in [2.05, 4.69) is 5.18 Å². The molecule has 0 radical (unpaired) electrons. The minimum Gasteiger partial charge on any atom is -0.228 e. The lowest BCUT2D eigenvalue weighted by atomic mass is 10.2. The summed E-state index contributed by atoms with van der Waals surface area (Å²) in [5.74, 6) is 0.0149. The van der Waals surface area contributed by atoms with E-state index in [9.17, 15) is 13.3 Å². The third kappa shape index (κ3) is 2.91. The van der Waals surface area contributed by atoms with Crippen LogP contribution in [0.3, 0.4) is 0 Å². The van der Waals surface area contributed by atoms with Crippen molar-refractivity contribution in [2.24, 2.45) is 5.18 Å². The summed E-state index contributed by atoms with van der Waals surface area (Å²) < 4.78 is 24.2. The summed E-state index contributed by atoms with van der Waals surface area (Å²) in [7, 11) is -3.08. The predicted octanol–water partition coefficient (Wildman–Crippen LogP) is 2.94. The van der Waals surface area contributed by atoms with Crippen LogP contribution in [0.5, 0.6) is 0 Å². The monoisotopic (exact) mass is 253 g/mol. The van der Waals surface area contributed by atoms with E-state index in [4.69, 9.17) is 0 Å². The molecule has 1 fully saturated rings. The number of rotatable bonds is 4. The maximum atomic E-state index is 12.1. The number of nitroso groups, excluding NO2 is 1. The first-order valence-electron chi connectivity index (χ1n) is 5.76. The molecule has 1 aliphatic carbocycles. The summed E-state index contributed by atoms with van der Waals surface area (Å²) in [5, 5.41) is 2.62. The van der Waals surface area contributed by atoms with Crippen LogP contribution < -0.4 is 0 Å². The molecule has 1 aromatic carbocycles. The van der Waals surface area contributed by atoms with E-state index in [1.54, 1.807) is 24.3 Å². The second-order valence-electron chi connectivity index (χ2n) is 4.47. The van der Waals surface area contributed by atoms with Crippen LogP contribution in [-0.2, 0) is 15.6 Å². The van der Waals surface area contributed by atoms with Crippen molar-refractivity contribution in [3.63, 3.8) is 0 Å². The SMILES string of the molecule is O=Nc1cccc(CS(=O)(=O)C2CCCC2)c1. The van der Waals surface area contributed by atoms with Crippen molar-refractivity contribution in [2.75, 3.05) is 0 Å². The fourth-order valence-electron chi connectivity index (χ4n) is 2.30. The normalized spacial score (nSPS) is 17.2. The highest BCUT2D eigenvalue weighted by Crippen LogP contribution is 2.27. The second kappa shape index (κ2) is 4.96. The summed E-state index contributed by atoms with van der Waals surface area (Å²) in [6, 6.07) is 6.50. The van der Waals surface area contributed by atoms with Crippen molar-refractivity contribution in [3.8, 4) is 0 Å². The maximum Gasteiger partial charge on any atom is 0.157 e. The number of benzene rings is 1. The lowest BCUT2D eigenvalue weighted by molar-refractivity contribution is 0.579. The Morgan fingerprint density at radius 1 is 1.24 bits per heavy atom. The number of sulfone groups is 1. The van der Waals surface area contributed by atoms with Gasteiger partial charge < -0.3 is 0 Å². The second-order valence-corrected chi connectivity index (χ2v) is 6.76. The molecule has 1 aliphatic rings. The van der Waals surface area contributed by atoms with Crippen LogP contribution in [0.25, 0.3) is 0 Å². The largest absolute Gasteiger partial charge is 0.228 e. The predicted molar refractivity (Wildman–Crippen MR) is 66.8 cm³/mol. The molecule has 2 rings (SSSR count). The van der Waals surface area contributed by atoms with Gasteiger partial charge in [-0.1, -0.05) is 25.0 Å². The van der Waals surface area contributed by atoms with Crippen molar-refractivity contribution in [1.82, 2.24) is 0 Å². The molecule has 0 heterocycles. The Bertz CT molecular complexity index is 504. The van der Waals surface area contributed by atoms with Crippen molar-refractivity contribution in [3.05, 3.63) is 34.7 Å². The summed E-state index contributed by atoms with van der Waals surface area (Å²) in [6.07, 6.45) is 3.54. The summed E-state index contributed by atoms with van der Waals surface area (Å²) in [4.78, 5) is 10.4. The van der Waals surface area contributed by atoms with Gasteiger partial charge in [0.2, 0.25) is 0 Å². The van der Waals surface area contributed by atoms with E-state index in [0.717, 1.165) is 25.7 Å². The van der Waals surface area contributed by atoms with Gasteiger partial charge in [-0.3, -0.25) is 0 Å². The van der Waals surface area contributed by atoms with Crippen LogP contribution in [0.15, 0.2) is 29.4 Å². The van der Waals surface area contributed by atoms with E-state index in [-0.39, 0.29) is 16.7 Å². The van der Waals surface area contributed by atoms with Gasteiger partial charge in [0.1, 0.15) is 5.69 Å². The van der Waals surface area contributed by atoms with Crippen LogP contribution in [-0.4, -0.2) is 13.7 Å². The quantitative estimate of drug-likeness (QED) is 0.775. The van der Waals surface area contributed by atoms with E-state index in [1.165, 1.54) is 0 Å². The minimum absolute atomic E-state index is 0.0149. The molecule has 1 saturated carbocycles. The number of hydrogen-bond acceptors (Lipinski definition) is 4. The minimum atomic E-state index is -3.08. The molecule has 0 saturated heterocycles. The highest BCUT2D eigenvalue weighted by atomic mass is 32.2. The average Bonchev–Trinajstić information content (AvgIpc) is 2.83. The van der Waals surface area contributed by atoms with Crippen molar-refractivity contribution >= 4 is 15.5 Å². The highest BCUT2D eigenvalue weighted by Gasteiger charge is 2.28. The molecule has 1 aromatic rings. The first-order chi connectivity index (χ1) is 8.12. The molecule has 0 amide bonds. The van der Waals surface area contributed by atoms with Crippen LogP contribution >= 0.6 is 0 Å². The van der Waals surface area contributed by atoms with Crippen LogP contribution in [0.2, 0.25) is 0 Å². The van der Waals surface area contributed by atoms with Crippen LogP contribution in [0, 0.1) is 4.91 Å². The van der Waals surface area contributed by atoms with E-state index in [1.807, 2.05) is 0 Å². The van der Waals surface area contributed by atoms with Crippen LogP contribution in [0.4, 0.5) is 5.69 Å². The van der Waals surface area contributed by atoms with Gasteiger partial charge in [0.15, 0.2) is 9.84 Å². The zero-order chi connectivity index (χ0) is 12.3. The zero-order valence-corrected chi connectivity index (χ0v) is 10.3. The van der Waals surface area contributed by atoms with Crippen LogP contribution in [0.1, 0.15) is 31.2 Å². The molecule has 0 atom stereocenters. The number of hydrogen-bond donors (Lipinski definition) is 0. The first kappa shape index (κ1) is 12.2. The molecule has 4 nitrogen and oxygen atoms in total. The van der Waals surface area contributed by atoms with E-state index < -0.39 is 9.84 Å². The molecule has 0 unspecified atom stereocenters. The Balaban J connectivity index is 2.16. The van der Waals surface area contributed by atoms with Gasteiger partial charge >= 0.3 is 0 Å². The maximum absolute atomic E-state index is 12.1. The molecular weight excluding hydrogens is 238 g/mol. The zero-order valence-electron chi connectivity index (χ0n) is 9.50. The fourth-order valence-corrected chi connectivity index (χ4v) is 4.23. The van der Waals surface area contributed by atoms with Gasteiger partial charge in [0.05, 0.1) is 11.0 Å². The molecule has 5 heteroatoms. The molecule has 0 bridgehead atoms. The van der Waals surface area contributed by atoms with Gasteiger partial charge in [-0.05, 0) is 35.7 Å². The van der Waals surface area contributed by atoms with Gasteiger partial charge in [0, 0.05) is 0 Å². The first-order valence-corrected chi connectivity index (χ1v) is 7.47. The third-order valence-corrected chi connectivity index (χ3v) is 5.42. The van der Waals surface area contributed by atoms with Crippen molar-refractivity contribution < 1.29 is 8.42 Å². The van der Waals surface area contributed by atoms with Gasteiger partial charge in [-0.15, -0.1) is 4.91 Å². The molecular formula is C12H15NO3S. The van der Waals surface area contributed by atoms with Gasteiger partial charge in [-0.2, -0.15) is 0 Å². The Morgan fingerprint density at radius 2 is 1.94 bits per heavy atom. The Hall–Kier alpha value is -1.23. The highest BCUT2D eigenvalue weighted by molar-refractivity contribution is 7.91. The number of nitrogens with zero attached hydrogens (tertiary/aromatic N) is 1. The fraction of sp³-hybridized carbons (Fsp3) is 0.500. The van der Waals surface area contributed by atoms with Crippen molar-refractivity contribution in [2.45, 2.75) is 36.7 Å². The van der Waals surface area contributed by atoms with Gasteiger partial charge in [0.25, 0.3) is 0 Å². The molecule has 0 aromatic heterocycles. The summed E-state index contributed by atoms with van der Waals surface area (Å²) in [5.41, 5.74) is 0.929. The Kier molecular flexibility index (Phi) is 3.57. The standard InChI is InChI=1S/C12H15NO3S/c14-13-11-5-3-4-10(8-11)9-17(15,16)12-6-1-2-7-12/h3-5,8,12H,1-2,6-7,9H2. The van der Waals surface area contributed by atoms with Gasteiger partial charge in [-0.25, -0.2) is 8.42 Å². The topological polar surface area (TPSA) is 63.6 Å². The molecule has 17 heavy (non-hydrogen) atoms. The lowest BCUT2D eigenvalue weighted by Crippen LogP contribution is -2.19. The molecule has 0 spiro atoms. The molecule has 0 aliphatic heterocycles. The Labute approximate surface area is 101 Å². The van der Waals surface area contributed by atoms with Crippen molar-refractivity contribution in [1.29, 1.82) is 0 Å². The molecule has 0 N–H and O–H groups in total. The van der Waals surface area contributed by atoms with E-state index in [0.29, 0.717) is 5.56 Å². The third-order valence-electron chi connectivity index (χ3n) is 3.19. The average molecular weight is 253 g/mol. The molecule has 92 valence electrons. The summed E-state index contributed by atoms with van der Waals surface area (Å²) in [6.45, 7) is 0. The summed E-state index contributed by atoms with van der Waals surface area (Å²) >= 11 is 0.